The highest BCUT2D eigenvalue weighted by Gasteiger charge is 2.09. The molecule has 0 aliphatic carbocycles. The number of hydrogen-bond acceptors (Lipinski definition) is 5. The second-order valence-corrected chi connectivity index (χ2v) is 5.24. The molecule has 3 aromatic rings. The second-order valence-electron chi connectivity index (χ2n) is 4.28. The lowest BCUT2D eigenvalue weighted by Gasteiger charge is -2.05. The average Bonchev–Trinajstić information content (AvgIpc) is 2.91. The molecule has 0 amide bonds. The molecule has 0 radical (unpaired) electrons. The van der Waals surface area contributed by atoms with Gasteiger partial charge < -0.3 is 15.2 Å². The fourth-order valence-electron chi connectivity index (χ4n) is 1.82. The van der Waals surface area contributed by atoms with Crippen molar-refractivity contribution in [2.24, 2.45) is 5.73 Å². The van der Waals surface area contributed by atoms with Crippen LogP contribution in [0.25, 0.3) is 10.2 Å². The van der Waals surface area contributed by atoms with Crippen LogP contribution in [-0.2, 0) is 0 Å². The molecule has 0 spiro atoms. The van der Waals surface area contributed by atoms with E-state index in [0.717, 1.165) is 5.75 Å². The van der Waals surface area contributed by atoms with Gasteiger partial charge in [-0.15, -0.1) is 0 Å². The fraction of sp³-hybridized carbons (Fsp3) is 0.133. The molecule has 0 fully saturated rings. The van der Waals surface area contributed by atoms with Gasteiger partial charge in [-0.3, -0.25) is 0 Å². The van der Waals surface area contributed by atoms with E-state index in [9.17, 15) is 4.39 Å². The Morgan fingerprint density at radius 2 is 1.86 bits per heavy atom. The smallest absolute Gasteiger partial charge is 0.279 e. The zero-order valence-corrected chi connectivity index (χ0v) is 11.9. The number of nitrogens with zero attached hydrogens (tertiary/aromatic N) is 1. The molecule has 2 aromatic carbocycles. The Kier molecular flexibility index (Phi) is 3.98. The summed E-state index contributed by atoms with van der Waals surface area (Å²) in [7, 11) is 0. The van der Waals surface area contributed by atoms with Gasteiger partial charge in [0, 0.05) is 6.54 Å². The highest BCUT2D eigenvalue weighted by atomic mass is 32.1. The maximum atomic E-state index is 13.6. The van der Waals surface area contributed by atoms with Crippen LogP contribution in [0.1, 0.15) is 0 Å². The van der Waals surface area contributed by atoms with Crippen LogP contribution in [0, 0.1) is 5.82 Å². The summed E-state index contributed by atoms with van der Waals surface area (Å²) in [4.78, 5) is 4.25. The third-order valence-electron chi connectivity index (χ3n) is 2.76. The summed E-state index contributed by atoms with van der Waals surface area (Å²) >= 11 is 1.18. The first-order valence-corrected chi connectivity index (χ1v) is 7.24. The van der Waals surface area contributed by atoms with Crippen LogP contribution in [0.3, 0.4) is 0 Å². The first-order valence-electron chi connectivity index (χ1n) is 6.42. The van der Waals surface area contributed by atoms with Crippen LogP contribution in [-0.4, -0.2) is 18.1 Å². The largest absolute Gasteiger partial charge is 0.492 e. The first-order chi connectivity index (χ1) is 10.3. The van der Waals surface area contributed by atoms with Crippen LogP contribution >= 0.6 is 11.3 Å². The predicted octanol–water partition coefficient (Wildman–Crippen LogP) is 3.57. The van der Waals surface area contributed by atoms with Crippen LogP contribution in [0.5, 0.6) is 16.7 Å². The Morgan fingerprint density at radius 3 is 2.57 bits per heavy atom. The van der Waals surface area contributed by atoms with Gasteiger partial charge in [0.15, 0.2) is 0 Å². The first kappa shape index (κ1) is 13.8. The van der Waals surface area contributed by atoms with Crippen molar-refractivity contribution in [1.82, 2.24) is 4.98 Å². The molecule has 108 valence electrons. The number of fused-ring (bicyclic) bond motifs is 1. The Balaban J connectivity index is 1.77. The Bertz CT molecular complexity index is 743. The topological polar surface area (TPSA) is 57.4 Å². The lowest BCUT2D eigenvalue weighted by molar-refractivity contribution is 0.328. The van der Waals surface area contributed by atoms with Crippen molar-refractivity contribution in [2.45, 2.75) is 0 Å². The molecule has 0 aliphatic rings. The molecule has 0 saturated heterocycles. The van der Waals surface area contributed by atoms with Crippen molar-refractivity contribution in [3.8, 4) is 16.7 Å². The van der Waals surface area contributed by atoms with Gasteiger partial charge >= 0.3 is 0 Å². The van der Waals surface area contributed by atoms with Crippen molar-refractivity contribution >= 4 is 21.6 Å². The quantitative estimate of drug-likeness (QED) is 0.783. The summed E-state index contributed by atoms with van der Waals surface area (Å²) in [6, 6.07) is 11.9. The molecular weight excluding hydrogens is 291 g/mol. The van der Waals surface area contributed by atoms with Crippen LogP contribution < -0.4 is 15.2 Å². The van der Waals surface area contributed by atoms with E-state index >= 15 is 0 Å². The van der Waals surface area contributed by atoms with Gasteiger partial charge in [-0.2, -0.15) is 0 Å². The number of rotatable bonds is 5. The minimum absolute atomic E-state index is 0.287. The Labute approximate surface area is 124 Å². The van der Waals surface area contributed by atoms with Gasteiger partial charge in [-0.25, -0.2) is 9.37 Å². The van der Waals surface area contributed by atoms with Crippen molar-refractivity contribution in [3.63, 3.8) is 0 Å². The minimum atomic E-state index is -0.287. The molecule has 4 nitrogen and oxygen atoms in total. The van der Waals surface area contributed by atoms with Crippen LogP contribution in [0.4, 0.5) is 4.39 Å². The zero-order chi connectivity index (χ0) is 14.7. The maximum Gasteiger partial charge on any atom is 0.279 e. The fourth-order valence-corrected chi connectivity index (χ4v) is 2.66. The number of ether oxygens (including phenoxy) is 2. The standard InChI is InChI=1S/C15H13FN2O2S/c16-12-2-1-3-13-14(12)21-15(18-13)20-11-6-4-10(5-7-11)19-9-8-17/h1-7H,8-9,17H2. The summed E-state index contributed by atoms with van der Waals surface area (Å²) in [5.41, 5.74) is 5.97. The van der Waals surface area contributed by atoms with Crippen molar-refractivity contribution in [1.29, 1.82) is 0 Å². The van der Waals surface area contributed by atoms with E-state index < -0.39 is 0 Å². The van der Waals surface area contributed by atoms with Crippen molar-refractivity contribution < 1.29 is 13.9 Å². The summed E-state index contributed by atoms with van der Waals surface area (Å²) in [6.45, 7) is 0.937. The van der Waals surface area contributed by atoms with E-state index in [4.69, 9.17) is 15.2 Å². The molecule has 6 heteroatoms. The van der Waals surface area contributed by atoms with E-state index in [1.807, 2.05) is 0 Å². The average molecular weight is 304 g/mol. The molecular formula is C15H13FN2O2S. The molecule has 0 saturated carbocycles. The number of thiazole rings is 1. The molecule has 0 atom stereocenters. The highest BCUT2D eigenvalue weighted by Crippen LogP contribution is 2.33. The lowest BCUT2D eigenvalue weighted by Crippen LogP contribution is -2.10. The summed E-state index contributed by atoms with van der Waals surface area (Å²) in [5, 5.41) is 0.408. The van der Waals surface area contributed by atoms with Crippen molar-refractivity contribution in [2.75, 3.05) is 13.2 Å². The van der Waals surface area contributed by atoms with Gasteiger partial charge in [-0.1, -0.05) is 17.4 Å². The van der Waals surface area contributed by atoms with Gasteiger partial charge in [0.25, 0.3) is 5.19 Å². The molecule has 0 unspecified atom stereocenters. The zero-order valence-electron chi connectivity index (χ0n) is 11.1. The van der Waals surface area contributed by atoms with Gasteiger partial charge in [0.1, 0.15) is 23.9 Å². The number of benzene rings is 2. The third-order valence-corrected chi connectivity index (χ3v) is 3.72. The molecule has 0 aliphatic heterocycles. The normalized spacial score (nSPS) is 10.8. The molecule has 21 heavy (non-hydrogen) atoms. The van der Waals surface area contributed by atoms with E-state index in [0.29, 0.717) is 34.3 Å². The number of aromatic nitrogens is 1. The summed E-state index contributed by atoms with van der Waals surface area (Å²) < 4.78 is 25.1. The summed E-state index contributed by atoms with van der Waals surface area (Å²) in [6.07, 6.45) is 0. The third kappa shape index (κ3) is 3.12. The van der Waals surface area contributed by atoms with Gasteiger partial charge in [0.05, 0.1) is 10.2 Å². The lowest BCUT2D eigenvalue weighted by atomic mass is 10.3. The SMILES string of the molecule is NCCOc1ccc(Oc2nc3cccc(F)c3s2)cc1. The predicted molar refractivity (Wildman–Crippen MR) is 80.6 cm³/mol. The Hall–Kier alpha value is -2.18. The minimum Gasteiger partial charge on any atom is -0.492 e. The Morgan fingerprint density at radius 1 is 1.10 bits per heavy atom. The molecule has 0 bridgehead atoms. The van der Waals surface area contributed by atoms with Gasteiger partial charge in [0.2, 0.25) is 0 Å². The van der Waals surface area contributed by atoms with E-state index in [-0.39, 0.29) is 5.82 Å². The summed E-state index contributed by atoms with van der Waals surface area (Å²) in [5.74, 6) is 1.06. The van der Waals surface area contributed by atoms with Crippen LogP contribution in [0.2, 0.25) is 0 Å². The van der Waals surface area contributed by atoms with E-state index in [1.54, 1.807) is 36.4 Å². The maximum absolute atomic E-state index is 13.6. The molecule has 1 aromatic heterocycles. The molecule has 2 N–H and O–H groups in total. The number of hydrogen-bond donors (Lipinski definition) is 1. The van der Waals surface area contributed by atoms with E-state index in [2.05, 4.69) is 4.98 Å². The number of halogens is 1. The second kappa shape index (κ2) is 6.07. The van der Waals surface area contributed by atoms with E-state index in [1.165, 1.54) is 17.4 Å². The molecule has 3 rings (SSSR count). The van der Waals surface area contributed by atoms with Crippen LogP contribution in [0.15, 0.2) is 42.5 Å². The monoisotopic (exact) mass is 304 g/mol. The molecule has 1 heterocycles. The highest BCUT2D eigenvalue weighted by molar-refractivity contribution is 7.20. The number of nitrogens with two attached hydrogens (primary N) is 1. The van der Waals surface area contributed by atoms with Gasteiger partial charge in [-0.05, 0) is 36.4 Å². The van der Waals surface area contributed by atoms with Crippen molar-refractivity contribution in [3.05, 3.63) is 48.3 Å².